The van der Waals surface area contributed by atoms with Crippen molar-refractivity contribution in [3.8, 4) is 0 Å². The monoisotopic (exact) mass is 391 g/mol. The van der Waals surface area contributed by atoms with E-state index in [9.17, 15) is 9.18 Å². The SMILES string of the molecule is O=C(c1ccnc(NCc2ccc(F)cc2)c1)N1CCN(c2ccccn2)CC1. The molecule has 7 heteroatoms. The van der Waals surface area contributed by atoms with Crippen molar-refractivity contribution in [3.63, 3.8) is 0 Å². The molecular weight excluding hydrogens is 369 g/mol. The molecular formula is C22H22FN5O. The van der Waals surface area contributed by atoms with Gasteiger partial charge in [0.2, 0.25) is 0 Å². The number of carbonyl (C=O) groups excluding carboxylic acids is 1. The fourth-order valence-electron chi connectivity index (χ4n) is 3.32. The van der Waals surface area contributed by atoms with Gasteiger partial charge in [0, 0.05) is 50.7 Å². The lowest BCUT2D eigenvalue weighted by atomic mass is 10.2. The number of amides is 1. The molecule has 0 unspecified atom stereocenters. The fourth-order valence-corrected chi connectivity index (χ4v) is 3.32. The van der Waals surface area contributed by atoms with Crippen LogP contribution in [0.1, 0.15) is 15.9 Å². The number of nitrogens with zero attached hydrogens (tertiary/aromatic N) is 4. The molecule has 1 aliphatic rings. The van der Waals surface area contributed by atoms with Crippen LogP contribution in [0.15, 0.2) is 67.0 Å². The van der Waals surface area contributed by atoms with Crippen molar-refractivity contribution in [1.82, 2.24) is 14.9 Å². The summed E-state index contributed by atoms with van der Waals surface area (Å²) in [6, 6.07) is 15.6. The van der Waals surface area contributed by atoms with Crippen molar-refractivity contribution in [1.29, 1.82) is 0 Å². The second-order valence-electron chi connectivity index (χ2n) is 6.88. The number of benzene rings is 1. The molecule has 1 aromatic carbocycles. The molecule has 0 spiro atoms. The number of pyridine rings is 2. The average Bonchev–Trinajstić information content (AvgIpc) is 2.79. The van der Waals surface area contributed by atoms with Crippen LogP contribution in [0.3, 0.4) is 0 Å². The van der Waals surface area contributed by atoms with E-state index in [4.69, 9.17) is 0 Å². The molecule has 4 rings (SSSR count). The molecule has 1 aliphatic heterocycles. The van der Waals surface area contributed by atoms with Gasteiger partial charge in [-0.3, -0.25) is 4.79 Å². The molecule has 0 bridgehead atoms. The summed E-state index contributed by atoms with van der Waals surface area (Å²) in [5, 5.41) is 3.19. The van der Waals surface area contributed by atoms with Crippen LogP contribution in [-0.2, 0) is 6.54 Å². The molecule has 148 valence electrons. The summed E-state index contributed by atoms with van der Waals surface area (Å²) in [5.74, 6) is 1.30. The molecule has 1 fully saturated rings. The molecule has 3 heterocycles. The van der Waals surface area contributed by atoms with Gasteiger partial charge in [0.25, 0.3) is 5.91 Å². The predicted molar refractivity (Wildman–Crippen MR) is 110 cm³/mol. The van der Waals surface area contributed by atoms with E-state index in [-0.39, 0.29) is 11.7 Å². The van der Waals surface area contributed by atoms with Crippen molar-refractivity contribution in [2.75, 3.05) is 36.4 Å². The van der Waals surface area contributed by atoms with Gasteiger partial charge >= 0.3 is 0 Å². The molecule has 0 saturated carbocycles. The van der Waals surface area contributed by atoms with Crippen LogP contribution in [0.4, 0.5) is 16.0 Å². The molecule has 2 aromatic heterocycles. The van der Waals surface area contributed by atoms with E-state index in [1.165, 1.54) is 12.1 Å². The molecule has 1 amide bonds. The van der Waals surface area contributed by atoms with Crippen LogP contribution >= 0.6 is 0 Å². The lowest BCUT2D eigenvalue weighted by Gasteiger charge is -2.35. The van der Waals surface area contributed by atoms with Crippen LogP contribution in [-0.4, -0.2) is 47.0 Å². The number of anilines is 2. The van der Waals surface area contributed by atoms with E-state index in [2.05, 4.69) is 20.2 Å². The number of aromatic nitrogens is 2. The van der Waals surface area contributed by atoms with Crippen molar-refractivity contribution >= 4 is 17.5 Å². The zero-order valence-corrected chi connectivity index (χ0v) is 16.0. The summed E-state index contributed by atoms with van der Waals surface area (Å²) < 4.78 is 13.0. The summed E-state index contributed by atoms with van der Waals surface area (Å²) in [5.41, 5.74) is 1.54. The van der Waals surface area contributed by atoms with Gasteiger partial charge < -0.3 is 15.1 Å². The standard InChI is InChI=1S/C22H22FN5O/c23-19-6-4-17(5-7-19)16-26-20-15-18(8-10-24-20)22(29)28-13-11-27(12-14-28)21-3-1-2-9-25-21/h1-10,15H,11-14,16H2,(H,24,26). The van der Waals surface area contributed by atoms with Gasteiger partial charge in [-0.05, 0) is 42.0 Å². The third kappa shape index (κ3) is 4.68. The maximum Gasteiger partial charge on any atom is 0.254 e. The van der Waals surface area contributed by atoms with Crippen molar-refractivity contribution in [2.24, 2.45) is 0 Å². The Hall–Kier alpha value is -3.48. The second-order valence-corrected chi connectivity index (χ2v) is 6.88. The normalized spacial score (nSPS) is 14.0. The molecule has 3 aromatic rings. The van der Waals surface area contributed by atoms with Gasteiger partial charge in [-0.15, -0.1) is 0 Å². The lowest BCUT2D eigenvalue weighted by Crippen LogP contribution is -2.49. The van der Waals surface area contributed by atoms with Gasteiger partial charge in [-0.1, -0.05) is 18.2 Å². The van der Waals surface area contributed by atoms with Crippen LogP contribution in [0.2, 0.25) is 0 Å². The molecule has 1 saturated heterocycles. The topological polar surface area (TPSA) is 61.4 Å². The lowest BCUT2D eigenvalue weighted by molar-refractivity contribution is 0.0746. The van der Waals surface area contributed by atoms with Crippen LogP contribution in [0, 0.1) is 5.82 Å². The fraction of sp³-hybridized carbons (Fsp3) is 0.227. The third-order valence-electron chi connectivity index (χ3n) is 4.93. The average molecular weight is 391 g/mol. The molecule has 0 aliphatic carbocycles. The summed E-state index contributed by atoms with van der Waals surface area (Å²) >= 11 is 0. The molecule has 0 atom stereocenters. The third-order valence-corrected chi connectivity index (χ3v) is 4.93. The summed E-state index contributed by atoms with van der Waals surface area (Å²) in [6.45, 7) is 3.31. The zero-order chi connectivity index (χ0) is 20.1. The van der Waals surface area contributed by atoms with Gasteiger partial charge in [-0.2, -0.15) is 0 Å². The minimum Gasteiger partial charge on any atom is -0.366 e. The molecule has 6 nitrogen and oxygen atoms in total. The van der Waals surface area contributed by atoms with Crippen molar-refractivity contribution in [2.45, 2.75) is 6.54 Å². The highest BCUT2D eigenvalue weighted by atomic mass is 19.1. The number of piperazine rings is 1. The van der Waals surface area contributed by atoms with E-state index in [0.29, 0.717) is 31.0 Å². The number of hydrogen-bond donors (Lipinski definition) is 1. The van der Waals surface area contributed by atoms with E-state index >= 15 is 0 Å². The molecule has 29 heavy (non-hydrogen) atoms. The Morgan fingerprint density at radius 3 is 2.48 bits per heavy atom. The number of halogens is 1. The van der Waals surface area contributed by atoms with Crippen LogP contribution in [0.25, 0.3) is 0 Å². The van der Waals surface area contributed by atoms with Gasteiger partial charge in [-0.25, -0.2) is 14.4 Å². The van der Waals surface area contributed by atoms with E-state index < -0.39 is 0 Å². The molecule has 1 N–H and O–H groups in total. The maximum absolute atomic E-state index is 13.0. The highest BCUT2D eigenvalue weighted by Crippen LogP contribution is 2.16. The van der Waals surface area contributed by atoms with E-state index in [1.807, 2.05) is 23.1 Å². The first-order valence-electron chi connectivity index (χ1n) is 9.59. The summed E-state index contributed by atoms with van der Waals surface area (Å²) in [6.07, 6.45) is 3.41. The second kappa shape index (κ2) is 8.68. The Bertz CT molecular complexity index is 956. The maximum atomic E-state index is 13.0. The summed E-state index contributed by atoms with van der Waals surface area (Å²) in [4.78, 5) is 25.6. The Kier molecular flexibility index (Phi) is 5.65. The van der Waals surface area contributed by atoms with E-state index in [0.717, 1.165) is 24.5 Å². The summed E-state index contributed by atoms with van der Waals surface area (Å²) in [7, 11) is 0. The first-order valence-corrected chi connectivity index (χ1v) is 9.59. The highest BCUT2D eigenvalue weighted by molar-refractivity contribution is 5.95. The van der Waals surface area contributed by atoms with Crippen molar-refractivity contribution in [3.05, 3.63) is 83.9 Å². The van der Waals surface area contributed by atoms with Crippen LogP contribution < -0.4 is 10.2 Å². The number of hydrogen-bond acceptors (Lipinski definition) is 5. The minimum atomic E-state index is -0.261. The van der Waals surface area contributed by atoms with Crippen LogP contribution in [0.5, 0.6) is 0 Å². The number of nitrogens with one attached hydrogen (secondary N) is 1. The highest BCUT2D eigenvalue weighted by Gasteiger charge is 2.23. The van der Waals surface area contributed by atoms with E-state index in [1.54, 1.807) is 36.7 Å². The Labute approximate surface area is 169 Å². The number of carbonyl (C=O) groups is 1. The predicted octanol–water partition coefficient (Wildman–Crippen LogP) is 3.19. The number of rotatable bonds is 5. The molecule has 0 radical (unpaired) electrons. The zero-order valence-electron chi connectivity index (χ0n) is 16.0. The van der Waals surface area contributed by atoms with Crippen molar-refractivity contribution < 1.29 is 9.18 Å². The minimum absolute atomic E-state index is 0.00194. The Morgan fingerprint density at radius 1 is 0.966 bits per heavy atom. The first kappa shape index (κ1) is 18.9. The van der Waals surface area contributed by atoms with Gasteiger partial charge in [0.1, 0.15) is 17.5 Å². The smallest absolute Gasteiger partial charge is 0.254 e. The van der Waals surface area contributed by atoms with Gasteiger partial charge in [0.15, 0.2) is 0 Å². The Balaban J connectivity index is 1.35. The quantitative estimate of drug-likeness (QED) is 0.724. The Morgan fingerprint density at radius 2 is 1.76 bits per heavy atom. The first-order chi connectivity index (χ1) is 14.2. The largest absolute Gasteiger partial charge is 0.366 e. The van der Waals surface area contributed by atoms with Gasteiger partial charge in [0.05, 0.1) is 0 Å².